The first-order valence-corrected chi connectivity index (χ1v) is 7.10. The number of aliphatic hydroxyl groups is 1. The fraction of sp³-hybridized carbons (Fsp3) is 1.00. The third kappa shape index (κ3) is 2.78. The normalized spacial score (nSPS) is 36.4. The Morgan fingerprint density at radius 1 is 1.19 bits per heavy atom. The predicted molar refractivity (Wildman–Crippen MR) is 67.4 cm³/mol. The third-order valence-corrected chi connectivity index (χ3v) is 4.59. The smallest absolute Gasteiger partial charge is 0.0568 e. The minimum absolute atomic E-state index is 0.0000954. The summed E-state index contributed by atoms with van der Waals surface area (Å²) in [5.74, 6) is 1.38. The van der Waals surface area contributed by atoms with E-state index in [4.69, 9.17) is 0 Å². The van der Waals surface area contributed by atoms with E-state index in [1.165, 1.54) is 45.2 Å². The first-order valence-electron chi connectivity index (χ1n) is 7.10. The van der Waals surface area contributed by atoms with E-state index in [-0.39, 0.29) is 6.10 Å². The SMILES string of the molecule is CC(C)C1CCCN1CCC1CCCC1O. The third-order valence-electron chi connectivity index (χ3n) is 4.59. The van der Waals surface area contributed by atoms with Crippen molar-refractivity contribution in [2.24, 2.45) is 11.8 Å². The van der Waals surface area contributed by atoms with E-state index >= 15 is 0 Å². The lowest BCUT2D eigenvalue weighted by Crippen LogP contribution is -2.35. The maximum Gasteiger partial charge on any atom is 0.0568 e. The molecule has 0 radical (unpaired) electrons. The lowest BCUT2D eigenvalue weighted by atomic mass is 9.99. The summed E-state index contributed by atoms with van der Waals surface area (Å²) in [6.45, 7) is 7.18. The van der Waals surface area contributed by atoms with Gasteiger partial charge in [-0.25, -0.2) is 0 Å². The van der Waals surface area contributed by atoms with Gasteiger partial charge in [0.05, 0.1) is 6.10 Å². The summed E-state index contributed by atoms with van der Waals surface area (Å²) < 4.78 is 0. The van der Waals surface area contributed by atoms with Gasteiger partial charge in [-0.05, 0) is 57.0 Å². The second-order valence-corrected chi connectivity index (χ2v) is 6.04. The zero-order chi connectivity index (χ0) is 11.5. The lowest BCUT2D eigenvalue weighted by molar-refractivity contribution is 0.112. The summed E-state index contributed by atoms with van der Waals surface area (Å²) in [6.07, 6.45) is 7.49. The highest BCUT2D eigenvalue weighted by Gasteiger charge is 2.29. The van der Waals surface area contributed by atoms with Crippen molar-refractivity contribution in [3.05, 3.63) is 0 Å². The molecule has 3 unspecified atom stereocenters. The molecule has 2 nitrogen and oxygen atoms in total. The van der Waals surface area contributed by atoms with Crippen molar-refractivity contribution >= 4 is 0 Å². The van der Waals surface area contributed by atoms with Crippen molar-refractivity contribution in [2.75, 3.05) is 13.1 Å². The summed E-state index contributed by atoms with van der Waals surface area (Å²) >= 11 is 0. The van der Waals surface area contributed by atoms with Crippen LogP contribution < -0.4 is 0 Å². The lowest BCUT2D eigenvalue weighted by Gasteiger charge is -2.29. The van der Waals surface area contributed by atoms with Crippen LogP contribution in [0.25, 0.3) is 0 Å². The van der Waals surface area contributed by atoms with Crippen LogP contribution in [0.15, 0.2) is 0 Å². The monoisotopic (exact) mass is 225 g/mol. The molecule has 1 heterocycles. The molecule has 2 fully saturated rings. The van der Waals surface area contributed by atoms with Crippen LogP contribution in [0.3, 0.4) is 0 Å². The van der Waals surface area contributed by atoms with Gasteiger partial charge in [-0.15, -0.1) is 0 Å². The molecular weight excluding hydrogens is 198 g/mol. The van der Waals surface area contributed by atoms with Crippen molar-refractivity contribution in [3.8, 4) is 0 Å². The Kier molecular flexibility index (Phi) is 4.26. The van der Waals surface area contributed by atoms with Crippen LogP contribution in [0.2, 0.25) is 0 Å². The average Bonchev–Trinajstić information content (AvgIpc) is 2.83. The first-order chi connectivity index (χ1) is 7.68. The molecular formula is C14H27NO. The Labute approximate surface area is 100 Å². The van der Waals surface area contributed by atoms with Crippen LogP contribution in [-0.2, 0) is 0 Å². The number of aliphatic hydroxyl groups excluding tert-OH is 1. The van der Waals surface area contributed by atoms with Gasteiger partial charge in [0, 0.05) is 6.04 Å². The minimum Gasteiger partial charge on any atom is -0.393 e. The molecule has 0 amide bonds. The Balaban J connectivity index is 1.76. The highest BCUT2D eigenvalue weighted by Crippen LogP contribution is 2.30. The standard InChI is InChI=1S/C14H27NO/c1-11(2)13-6-4-9-15(13)10-8-12-5-3-7-14(12)16/h11-14,16H,3-10H2,1-2H3. The number of hydrogen-bond donors (Lipinski definition) is 1. The van der Waals surface area contributed by atoms with Crippen molar-refractivity contribution in [2.45, 2.75) is 64.5 Å². The molecule has 0 spiro atoms. The zero-order valence-electron chi connectivity index (χ0n) is 10.9. The van der Waals surface area contributed by atoms with Crippen LogP contribution in [0.4, 0.5) is 0 Å². The molecule has 16 heavy (non-hydrogen) atoms. The largest absolute Gasteiger partial charge is 0.393 e. The van der Waals surface area contributed by atoms with Gasteiger partial charge in [0.25, 0.3) is 0 Å². The highest BCUT2D eigenvalue weighted by molar-refractivity contribution is 4.84. The topological polar surface area (TPSA) is 23.5 Å². The maximum absolute atomic E-state index is 9.82. The summed E-state index contributed by atoms with van der Waals surface area (Å²) in [5, 5.41) is 9.82. The number of nitrogens with zero attached hydrogens (tertiary/aromatic N) is 1. The Morgan fingerprint density at radius 2 is 2.00 bits per heavy atom. The molecule has 3 atom stereocenters. The second-order valence-electron chi connectivity index (χ2n) is 6.04. The van der Waals surface area contributed by atoms with Gasteiger partial charge < -0.3 is 10.0 Å². The zero-order valence-corrected chi connectivity index (χ0v) is 10.9. The van der Waals surface area contributed by atoms with Crippen LogP contribution in [0.1, 0.15) is 52.4 Å². The quantitative estimate of drug-likeness (QED) is 0.795. The van der Waals surface area contributed by atoms with Gasteiger partial charge in [-0.3, -0.25) is 0 Å². The van der Waals surface area contributed by atoms with Crippen LogP contribution in [-0.4, -0.2) is 35.2 Å². The molecule has 94 valence electrons. The van der Waals surface area contributed by atoms with E-state index in [0.717, 1.165) is 18.4 Å². The van der Waals surface area contributed by atoms with E-state index < -0.39 is 0 Å². The number of rotatable bonds is 4. The van der Waals surface area contributed by atoms with E-state index in [9.17, 15) is 5.11 Å². The molecule has 0 aromatic heterocycles. The summed E-state index contributed by atoms with van der Waals surface area (Å²) in [7, 11) is 0. The molecule has 1 saturated heterocycles. The van der Waals surface area contributed by atoms with Crippen molar-refractivity contribution in [1.29, 1.82) is 0 Å². The molecule has 0 bridgehead atoms. The van der Waals surface area contributed by atoms with Gasteiger partial charge >= 0.3 is 0 Å². The van der Waals surface area contributed by atoms with E-state index in [1.807, 2.05) is 0 Å². The van der Waals surface area contributed by atoms with Crippen molar-refractivity contribution in [3.63, 3.8) is 0 Å². The Morgan fingerprint density at radius 3 is 2.62 bits per heavy atom. The number of likely N-dealkylation sites (tertiary alicyclic amines) is 1. The number of hydrogen-bond acceptors (Lipinski definition) is 2. The highest BCUT2D eigenvalue weighted by atomic mass is 16.3. The molecule has 2 rings (SSSR count). The Bertz CT molecular complexity index is 217. The van der Waals surface area contributed by atoms with E-state index in [1.54, 1.807) is 0 Å². The fourth-order valence-electron chi connectivity index (χ4n) is 3.57. The molecule has 2 aliphatic rings. The van der Waals surface area contributed by atoms with Gasteiger partial charge in [-0.2, -0.15) is 0 Å². The van der Waals surface area contributed by atoms with Gasteiger partial charge in [0.15, 0.2) is 0 Å². The van der Waals surface area contributed by atoms with Crippen molar-refractivity contribution in [1.82, 2.24) is 4.90 Å². The van der Waals surface area contributed by atoms with Crippen LogP contribution in [0, 0.1) is 11.8 Å². The Hall–Kier alpha value is -0.0800. The molecule has 0 aromatic carbocycles. The summed E-state index contributed by atoms with van der Waals surface area (Å²) in [5.41, 5.74) is 0. The van der Waals surface area contributed by atoms with Crippen LogP contribution >= 0.6 is 0 Å². The minimum atomic E-state index is 0.0000954. The first kappa shape index (κ1) is 12.4. The summed E-state index contributed by atoms with van der Waals surface area (Å²) in [4.78, 5) is 2.66. The fourth-order valence-corrected chi connectivity index (χ4v) is 3.57. The van der Waals surface area contributed by atoms with Crippen LogP contribution in [0.5, 0.6) is 0 Å². The average molecular weight is 225 g/mol. The van der Waals surface area contributed by atoms with E-state index in [0.29, 0.717) is 5.92 Å². The van der Waals surface area contributed by atoms with E-state index in [2.05, 4.69) is 18.7 Å². The van der Waals surface area contributed by atoms with Gasteiger partial charge in [0.1, 0.15) is 0 Å². The van der Waals surface area contributed by atoms with Gasteiger partial charge in [-0.1, -0.05) is 20.3 Å². The molecule has 1 saturated carbocycles. The van der Waals surface area contributed by atoms with Gasteiger partial charge in [0.2, 0.25) is 0 Å². The molecule has 1 aliphatic carbocycles. The molecule has 1 aliphatic heterocycles. The maximum atomic E-state index is 9.82. The predicted octanol–water partition coefficient (Wildman–Crippen LogP) is 2.66. The second kappa shape index (κ2) is 5.50. The molecule has 1 N–H and O–H groups in total. The van der Waals surface area contributed by atoms with Crippen molar-refractivity contribution < 1.29 is 5.11 Å². The molecule has 2 heteroatoms. The summed E-state index contributed by atoms with van der Waals surface area (Å²) in [6, 6.07) is 0.804. The molecule has 0 aromatic rings.